The lowest BCUT2D eigenvalue weighted by molar-refractivity contribution is 0.330. The van der Waals surface area contributed by atoms with Crippen molar-refractivity contribution < 1.29 is 4.52 Å². The quantitative estimate of drug-likeness (QED) is 0.916. The molecule has 0 aliphatic rings. The van der Waals surface area contributed by atoms with E-state index in [-0.39, 0.29) is 11.5 Å². The highest BCUT2D eigenvalue weighted by Crippen LogP contribution is 2.21. The molecule has 5 heteroatoms. The molecule has 20 heavy (non-hydrogen) atoms. The second-order valence-corrected chi connectivity index (χ2v) is 6.75. The van der Waals surface area contributed by atoms with Gasteiger partial charge in [-0.15, -0.1) is 0 Å². The van der Waals surface area contributed by atoms with Crippen LogP contribution in [-0.2, 0) is 12.0 Å². The summed E-state index contributed by atoms with van der Waals surface area (Å²) in [4.78, 5) is 4.46. The van der Waals surface area contributed by atoms with Crippen LogP contribution in [0.15, 0.2) is 33.3 Å². The van der Waals surface area contributed by atoms with Gasteiger partial charge in [-0.25, -0.2) is 0 Å². The molecule has 1 aromatic heterocycles. The molecule has 0 spiro atoms. The van der Waals surface area contributed by atoms with Crippen LogP contribution in [0.1, 0.15) is 51.0 Å². The number of aromatic nitrogens is 2. The zero-order valence-electron chi connectivity index (χ0n) is 12.3. The lowest BCUT2D eigenvalue weighted by Crippen LogP contribution is -2.19. The van der Waals surface area contributed by atoms with Crippen molar-refractivity contribution in [3.05, 3.63) is 46.0 Å². The minimum atomic E-state index is -0.0933. The van der Waals surface area contributed by atoms with E-state index in [1.165, 1.54) is 5.56 Å². The van der Waals surface area contributed by atoms with Crippen molar-refractivity contribution in [2.24, 2.45) is 0 Å². The molecular formula is C15H20BrN3O. The predicted molar refractivity (Wildman–Crippen MR) is 82.4 cm³/mol. The smallest absolute Gasteiger partial charge is 0.243 e. The Hall–Kier alpha value is -1.20. The Kier molecular flexibility index (Phi) is 4.60. The third-order valence-electron chi connectivity index (χ3n) is 3.04. The van der Waals surface area contributed by atoms with Crippen LogP contribution in [0.2, 0.25) is 0 Å². The summed E-state index contributed by atoms with van der Waals surface area (Å²) in [5.41, 5.74) is 1.11. The molecule has 0 aliphatic carbocycles. The lowest BCUT2D eigenvalue weighted by atomic mass is 9.96. The number of nitrogens with one attached hydrogen (secondary N) is 1. The average Bonchev–Trinajstić information content (AvgIpc) is 2.87. The number of hydrogen-bond donors (Lipinski definition) is 1. The number of halogens is 1. The molecule has 1 heterocycles. The molecule has 0 radical (unpaired) electrons. The van der Waals surface area contributed by atoms with Crippen molar-refractivity contribution in [2.45, 2.75) is 45.7 Å². The number of nitrogens with zero attached hydrogens (tertiary/aromatic N) is 2. The Morgan fingerprint density at radius 3 is 2.60 bits per heavy atom. The van der Waals surface area contributed by atoms with Gasteiger partial charge in [-0.3, -0.25) is 0 Å². The third kappa shape index (κ3) is 3.67. The first-order chi connectivity index (χ1) is 9.38. The van der Waals surface area contributed by atoms with Gasteiger partial charge in [0.15, 0.2) is 5.82 Å². The lowest BCUT2D eigenvalue weighted by Gasteiger charge is -2.12. The summed E-state index contributed by atoms with van der Waals surface area (Å²) in [7, 11) is 0. The van der Waals surface area contributed by atoms with Crippen molar-refractivity contribution in [3.8, 4) is 0 Å². The van der Waals surface area contributed by atoms with Crippen LogP contribution in [0.25, 0.3) is 0 Å². The van der Waals surface area contributed by atoms with Gasteiger partial charge in [0.2, 0.25) is 5.89 Å². The standard InChI is InChI=1S/C15H20BrN3O/c1-10(13-18-14(19-20-13)15(2,3)4)17-9-11-7-5-6-8-12(11)16/h5-8,10,17H,9H2,1-4H3. The normalized spacial score (nSPS) is 13.4. The summed E-state index contributed by atoms with van der Waals surface area (Å²) in [6.45, 7) is 8.98. The summed E-state index contributed by atoms with van der Waals surface area (Å²) in [6, 6.07) is 8.16. The van der Waals surface area contributed by atoms with Crippen LogP contribution in [0.5, 0.6) is 0 Å². The van der Waals surface area contributed by atoms with Crippen molar-refractivity contribution in [3.63, 3.8) is 0 Å². The molecule has 0 amide bonds. The maximum atomic E-state index is 5.34. The summed E-state index contributed by atoms with van der Waals surface area (Å²) in [5, 5.41) is 7.44. The second-order valence-electron chi connectivity index (χ2n) is 5.90. The van der Waals surface area contributed by atoms with Crippen molar-refractivity contribution in [1.29, 1.82) is 0 Å². The molecule has 1 atom stereocenters. The van der Waals surface area contributed by atoms with Crippen LogP contribution in [0, 0.1) is 0 Å². The van der Waals surface area contributed by atoms with E-state index in [1.54, 1.807) is 0 Å². The summed E-state index contributed by atoms with van der Waals surface area (Å²) in [6.07, 6.45) is 0. The van der Waals surface area contributed by atoms with Crippen LogP contribution in [-0.4, -0.2) is 10.1 Å². The minimum absolute atomic E-state index is 0.0192. The molecule has 1 aromatic carbocycles. The van der Waals surface area contributed by atoms with Gasteiger partial charge in [0.25, 0.3) is 0 Å². The highest BCUT2D eigenvalue weighted by Gasteiger charge is 2.22. The minimum Gasteiger partial charge on any atom is -0.338 e. The highest BCUT2D eigenvalue weighted by molar-refractivity contribution is 9.10. The molecule has 108 valence electrons. The van der Waals surface area contributed by atoms with E-state index in [9.17, 15) is 0 Å². The van der Waals surface area contributed by atoms with E-state index in [4.69, 9.17) is 4.52 Å². The third-order valence-corrected chi connectivity index (χ3v) is 3.81. The molecule has 4 nitrogen and oxygen atoms in total. The first-order valence-corrected chi connectivity index (χ1v) is 7.48. The van der Waals surface area contributed by atoms with Crippen molar-refractivity contribution >= 4 is 15.9 Å². The molecule has 0 saturated heterocycles. The van der Waals surface area contributed by atoms with Crippen molar-refractivity contribution in [1.82, 2.24) is 15.5 Å². The summed E-state index contributed by atoms with van der Waals surface area (Å²) in [5.74, 6) is 1.36. The second kappa shape index (κ2) is 6.06. The maximum absolute atomic E-state index is 5.34. The van der Waals surface area contributed by atoms with Crippen LogP contribution in [0.4, 0.5) is 0 Å². The topological polar surface area (TPSA) is 51.0 Å². The zero-order chi connectivity index (χ0) is 14.8. The first kappa shape index (κ1) is 15.2. The van der Waals surface area contributed by atoms with E-state index >= 15 is 0 Å². The van der Waals surface area contributed by atoms with Gasteiger partial charge in [0.1, 0.15) is 0 Å². The van der Waals surface area contributed by atoms with Gasteiger partial charge < -0.3 is 9.84 Å². The number of benzene rings is 1. The Bertz CT molecular complexity index is 574. The molecule has 0 saturated carbocycles. The van der Waals surface area contributed by atoms with E-state index < -0.39 is 0 Å². The van der Waals surface area contributed by atoms with E-state index in [2.05, 4.69) is 58.2 Å². The molecule has 0 aliphatic heterocycles. The van der Waals surface area contributed by atoms with Gasteiger partial charge >= 0.3 is 0 Å². The SMILES string of the molecule is CC(NCc1ccccc1Br)c1nc(C(C)(C)C)no1. The van der Waals surface area contributed by atoms with Gasteiger partial charge in [-0.1, -0.05) is 60.1 Å². The molecule has 0 bridgehead atoms. The Morgan fingerprint density at radius 2 is 2.00 bits per heavy atom. The molecule has 0 fully saturated rings. The summed E-state index contributed by atoms with van der Waals surface area (Å²) < 4.78 is 6.43. The molecule has 2 aromatic rings. The molecular weight excluding hydrogens is 318 g/mol. The van der Waals surface area contributed by atoms with E-state index in [1.807, 2.05) is 25.1 Å². The monoisotopic (exact) mass is 337 g/mol. The zero-order valence-corrected chi connectivity index (χ0v) is 13.9. The van der Waals surface area contributed by atoms with Crippen molar-refractivity contribution in [2.75, 3.05) is 0 Å². The fraction of sp³-hybridized carbons (Fsp3) is 0.467. The fourth-order valence-corrected chi connectivity index (χ4v) is 2.13. The largest absolute Gasteiger partial charge is 0.338 e. The van der Waals surface area contributed by atoms with E-state index in [0.29, 0.717) is 5.89 Å². The van der Waals surface area contributed by atoms with Gasteiger partial charge in [0.05, 0.1) is 6.04 Å². The molecule has 1 unspecified atom stereocenters. The highest BCUT2D eigenvalue weighted by atomic mass is 79.9. The predicted octanol–water partition coefficient (Wildman–Crippen LogP) is 3.98. The fourth-order valence-electron chi connectivity index (χ4n) is 1.71. The van der Waals surface area contributed by atoms with Gasteiger partial charge in [-0.2, -0.15) is 4.98 Å². The maximum Gasteiger partial charge on any atom is 0.243 e. The molecule has 2 rings (SSSR count). The Labute approximate surface area is 128 Å². The van der Waals surface area contributed by atoms with E-state index in [0.717, 1.165) is 16.8 Å². The van der Waals surface area contributed by atoms with Crippen LogP contribution < -0.4 is 5.32 Å². The number of rotatable bonds is 4. The summed E-state index contributed by atoms with van der Waals surface area (Å²) >= 11 is 3.54. The Balaban J connectivity index is 2.00. The number of hydrogen-bond acceptors (Lipinski definition) is 4. The van der Waals surface area contributed by atoms with Crippen LogP contribution >= 0.6 is 15.9 Å². The first-order valence-electron chi connectivity index (χ1n) is 6.69. The Morgan fingerprint density at radius 1 is 1.30 bits per heavy atom. The molecule has 1 N–H and O–H groups in total. The van der Waals surface area contributed by atoms with Gasteiger partial charge in [-0.05, 0) is 18.6 Å². The average molecular weight is 338 g/mol. The van der Waals surface area contributed by atoms with Crippen LogP contribution in [0.3, 0.4) is 0 Å². The van der Waals surface area contributed by atoms with Gasteiger partial charge in [0, 0.05) is 16.4 Å².